The number of nitrogens with zero attached hydrogens (tertiary/aromatic N) is 2. The Hall–Kier alpha value is -1.92. The zero-order valence-corrected chi connectivity index (χ0v) is 21.5. The average Bonchev–Trinajstić information content (AvgIpc) is 2.81. The van der Waals surface area contributed by atoms with Gasteiger partial charge >= 0.3 is 22.4 Å². The third-order valence-electron chi connectivity index (χ3n) is 9.48. The maximum absolute atomic E-state index is 13.0. The van der Waals surface area contributed by atoms with Gasteiger partial charge in [-0.2, -0.15) is 13.5 Å². The van der Waals surface area contributed by atoms with E-state index < -0.39 is 39.8 Å². The van der Waals surface area contributed by atoms with E-state index in [2.05, 4.69) is 0 Å². The van der Waals surface area contributed by atoms with Crippen LogP contribution in [0.2, 0.25) is 0 Å². The predicted molar refractivity (Wildman–Crippen MR) is 121 cm³/mol. The quantitative estimate of drug-likeness (QED) is 0.457. The fourth-order valence-electron chi connectivity index (χ4n) is 7.70. The van der Waals surface area contributed by atoms with Crippen molar-refractivity contribution in [1.82, 2.24) is 9.96 Å². The first-order valence-corrected chi connectivity index (χ1v) is 13.7. The normalized spacial score (nSPS) is 39.7. The molecular formula is C23H35N3O8S. The van der Waals surface area contributed by atoms with E-state index >= 15 is 0 Å². The lowest BCUT2D eigenvalue weighted by Gasteiger charge is -2.89. The number of urea groups is 1. The van der Waals surface area contributed by atoms with Gasteiger partial charge in [-0.15, -0.1) is 4.28 Å². The van der Waals surface area contributed by atoms with E-state index in [1.54, 1.807) is 20.8 Å². The summed E-state index contributed by atoms with van der Waals surface area (Å²) in [5.74, 6) is 1.23. The molecule has 4 aliphatic carbocycles. The highest BCUT2D eigenvalue weighted by Gasteiger charge is 2.90. The Balaban J connectivity index is 1.14. The summed E-state index contributed by atoms with van der Waals surface area (Å²) >= 11 is 0. The van der Waals surface area contributed by atoms with Gasteiger partial charge in [-0.1, -0.05) is 13.8 Å². The van der Waals surface area contributed by atoms with Crippen molar-refractivity contribution >= 4 is 28.3 Å². The Morgan fingerprint density at radius 1 is 1.11 bits per heavy atom. The van der Waals surface area contributed by atoms with Crippen LogP contribution >= 0.6 is 0 Å². The molecule has 35 heavy (non-hydrogen) atoms. The second kappa shape index (κ2) is 7.79. The van der Waals surface area contributed by atoms with Crippen molar-refractivity contribution in [3.63, 3.8) is 0 Å². The van der Waals surface area contributed by atoms with Crippen LogP contribution in [0.3, 0.4) is 0 Å². The topological polar surface area (TPSA) is 146 Å². The maximum Gasteiger partial charge on any atom is 0.421 e. The Morgan fingerprint density at radius 3 is 2.29 bits per heavy atom. The number of hydrogen-bond donors (Lipinski definition) is 1. The molecule has 0 aromatic carbocycles. The average molecular weight is 514 g/mol. The number of carbonyl (C=O) groups is 3. The van der Waals surface area contributed by atoms with Crippen LogP contribution in [0, 0.1) is 34.0 Å². The maximum atomic E-state index is 13.0. The number of likely N-dealkylation sites (N-methyl/N-ethyl adjacent to an activating group) is 1. The molecule has 12 heteroatoms. The number of amides is 3. The van der Waals surface area contributed by atoms with Crippen LogP contribution in [0.4, 0.5) is 4.79 Å². The van der Waals surface area contributed by atoms with Crippen molar-refractivity contribution in [2.45, 2.75) is 71.4 Å². The summed E-state index contributed by atoms with van der Waals surface area (Å²) in [6.45, 7) is 4.79. The fraction of sp³-hybridized carbons (Fsp3) is 0.870. The van der Waals surface area contributed by atoms with Crippen LogP contribution in [0.1, 0.15) is 59.3 Å². The zero-order chi connectivity index (χ0) is 25.6. The van der Waals surface area contributed by atoms with E-state index in [9.17, 15) is 22.8 Å². The molecule has 1 spiro atoms. The van der Waals surface area contributed by atoms with Crippen molar-refractivity contribution in [1.29, 1.82) is 0 Å². The summed E-state index contributed by atoms with van der Waals surface area (Å²) in [7, 11) is -3.24. The number of carbonyl (C=O) groups excluding carboxylic acids is 3. The minimum Gasteiger partial charge on any atom is -0.465 e. The number of ether oxygens (including phenoxy) is 1. The molecule has 196 valence electrons. The van der Waals surface area contributed by atoms with Gasteiger partial charge in [0.1, 0.15) is 6.04 Å². The van der Waals surface area contributed by atoms with Crippen LogP contribution in [-0.4, -0.2) is 68.6 Å². The van der Waals surface area contributed by atoms with E-state index in [1.807, 2.05) is 0 Å². The molecule has 5 rings (SSSR count). The Morgan fingerprint density at radius 2 is 1.74 bits per heavy atom. The molecule has 11 nitrogen and oxygen atoms in total. The van der Waals surface area contributed by atoms with E-state index in [-0.39, 0.29) is 36.4 Å². The van der Waals surface area contributed by atoms with Crippen LogP contribution < -0.4 is 5.73 Å². The Kier molecular flexibility index (Phi) is 5.51. The molecule has 5 aliphatic rings. The van der Waals surface area contributed by atoms with Gasteiger partial charge in [-0.3, -0.25) is 9.59 Å². The van der Waals surface area contributed by atoms with Crippen molar-refractivity contribution in [2.75, 3.05) is 20.3 Å². The van der Waals surface area contributed by atoms with Crippen LogP contribution in [0.5, 0.6) is 0 Å². The molecule has 4 atom stereocenters. The lowest BCUT2D eigenvalue weighted by Crippen LogP contribution is -2.87. The summed E-state index contributed by atoms with van der Waals surface area (Å²) in [5.41, 5.74) is 4.47. The minimum atomic E-state index is -4.60. The molecule has 3 amide bonds. The van der Waals surface area contributed by atoms with E-state index in [1.165, 1.54) is 19.9 Å². The van der Waals surface area contributed by atoms with Crippen molar-refractivity contribution in [2.24, 2.45) is 39.7 Å². The van der Waals surface area contributed by atoms with Crippen molar-refractivity contribution in [3.05, 3.63) is 0 Å². The number of primary amides is 1. The fourth-order valence-corrected chi connectivity index (χ4v) is 8.61. The van der Waals surface area contributed by atoms with Gasteiger partial charge in [-0.25, -0.2) is 8.98 Å². The van der Waals surface area contributed by atoms with Crippen LogP contribution in [-0.2, 0) is 33.2 Å². The second-order valence-corrected chi connectivity index (χ2v) is 13.2. The monoisotopic (exact) mass is 513 g/mol. The molecule has 0 aromatic heterocycles. The molecule has 4 saturated carbocycles. The van der Waals surface area contributed by atoms with E-state index in [0.717, 1.165) is 17.7 Å². The van der Waals surface area contributed by atoms with Gasteiger partial charge in [-0.05, 0) is 68.6 Å². The molecule has 0 radical (unpaired) electrons. The lowest BCUT2D eigenvalue weighted by molar-refractivity contribution is -0.418. The van der Waals surface area contributed by atoms with Gasteiger partial charge in [0.2, 0.25) is 5.91 Å². The highest BCUT2D eigenvalue weighted by Crippen LogP contribution is 2.93. The SMILES string of the molecule is C[C@H]1CC[C@@H](C(N)=O)N(C)C(=O)N1OS(=O)(=O)OCC(C)(C)COC(=O)C12CC3CC4CC(C1)C432. The largest absolute Gasteiger partial charge is 0.465 e. The number of hydrogen-bond acceptors (Lipinski definition) is 8. The van der Waals surface area contributed by atoms with Crippen molar-refractivity contribution < 1.29 is 36.0 Å². The van der Waals surface area contributed by atoms with Gasteiger partial charge in [0.15, 0.2) is 0 Å². The predicted octanol–water partition coefficient (Wildman–Crippen LogP) is 1.58. The standard InChI is InChI=1S/C23H35N3O8S/c1-13-5-6-17(18(24)27)25(4)20(29)26(13)34-35(30,31)33-12-21(2,3)11-32-19(28)22-9-15-7-14-8-16(10-22)23(14,15)22/h13-17H,5-12H2,1-4H3,(H2,24,27)/t13-,14?,15?,16?,17-,22?,23?/m0/s1. The smallest absolute Gasteiger partial charge is 0.421 e. The van der Waals surface area contributed by atoms with E-state index in [0.29, 0.717) is 29.2 Å². The van der Waals surface area contributed by atoms with Gasteiger partial charge in [0.05, 0.1) is 24.7 Å². The molecule has 2 N–H and O–H groups in total. The van der Waals surface area contributed by atoms with Crippen LogP contribution in [0.25, 0.3) is 0 Å². The third-order valence-corrected chi connectivity index (χ3v) is 10.2. The second-order valence-electron chi connectivity index (χ2n) is 12.0. The summed E-state index contributed by atoms with van der Waals surface area (Å²) in [5, 5.41) is 0.692. The molecule has 0 aromatic rings. The summed E-state index contributed by atoms with van der Waals surface area (Å²) in [4.78, 5) is 38.4. The van der Waals surface area contributed by atoms with Gasteiger partial charge < -0.3 is 15.4 Å². The van der Waals surface area contributed by atoms with Crippen LogP contribution in [0.15, 0.2) is 0 Å². The van der Waals surface area contributed by atoms with Crippen molar-refractivity contribution in [3.8, 4) is 0 Å². The summed E-state index contributed by atoms with van der Waals surface area (Å²) < 4.78 is 40.8. The van der Waals surface area contributed by atoms with Gasteiger partial charge in [0, 0.05) is 12.5 Å². The lowest BCUT2D eigenvalue weighted by atomic mass is 9.13. The summed E-state index contributed by atoms with van der Waals surface area (Å²) in [6, 6.07) is -2.29. The van der Waals surface area contributed by atoms with E-state index in [4.69, 9.17) is 18.9 Å². The molecule has 0 bridgehead atoms. The highest BCUT2D eigenvalue weighted by molar-refractivity contribution is 7.81. The molecule has 1 aliphatic heterocycles. The Labute approximate surface area is 205 Å². The highest BCUT2D eigenvalue weighted by atomic mass is 32.3. The first-order valence-electron chi connectivity index (χ1n) is 12.4. The first-order chi connectivity index (χ1) is 16.2. The first kappa shape index (κ1) is 24.8. The number of esters is 1. The van der Waals surface area contributed by atoms with Gasteiger partial charge in [0.25, 0.3) is 0 Å². The molecule has 1 saturated heterocycles. The number of nitrogens with two attached hydrogens (primary N) is 1. The number of hydroxylamine groups is 2. The molecule has 1 heterocycles. The molecule has 5 fully saturated rings. The molecule has 2 unspecified atom stereocenters. The summed E-state index contributed by atoms with van der Waals surface area (Å²) in [6.07, 6.45) is 4.94. The Bertz CT molecular complexity index is 1030. The minimum absolute atomic E-state index is 0.0151. The zero-order valence-electron chi connectivity index (χ0n) is 20.7. The molecular weight excluding hydrogens is 478 g/mol. The number of rotatable bonds is 9. The third kappa shape index (κ3) is 3.42.